The number of hydrogen-bond acceptors (Lipinski definition) is 6. The van der Waals surface area contributed by atoms with Crippen LogP contribution < -0.4 is 9.83 Å². The summed E-state index contributed by atoms with van der Waals surface area (Å²) in [5.74, 6) is -0.244. The van der Waals surface area contributed by atoms with E-state index < -0.39 is 31.1 Å². The molecule has 3 rings (SSSR count). The Labute approximate surface area is 271 Å². The molecule has 6 nitrogen and oxygen atoms in total. The number of benzene rings is 3. The van der Waals surface area contributed by atoms with Gasteiger partial charge in [0.05, 0.1) is 25.3 Å². The Morgan fingerprint density at radius 2 is 0.956 bits per heavy atom. The number of ether oxygens (including phenoxy) is 2. The summed E-state index contributed by atoms with van der Waals surface area (Å²) in [6.45, 7) is 25.1. The molecule has 0 bridgehead atoms. The zero-order chi connectivity index (χ0) is 34.3. The van der Waals surface area contributed by atoms with Gasteiger partial charge in [-0.15, -0.1) is 0 Å². The van der Waals surface area contributed by atoms with Crippen LogP contribution in [0.3, 0.4) is 0 Å². The first kappa shape index (κ1) is 36.3. The normalized spacial score (nSPS) is 13.3. The molecule has 0 fully saturated rings. The molecule has 1 unspecified atom stereocenters. The fraction of sp³-hybridized carbons (Fsp3) is 0.474. The molecule has 244 valence electrons. The highest BCUT2D eigenvalue weighted by Gasteiger charge is 2.34. The van der Waals surface area contributed by atoms with Gasteiger partial charge in [0, 0.05) is 16.4 Å². The maximum Gasteiger partial charge on any atom is 0.337 e. The van der Waals surface area contributed by atoms with Crippen molar-refractivity contribution in [1.82, 2.24) is 0 Å². The van der Waals surface area contributed by atoms with Crippen molar-refractivity contribution < 1.29 is 28.5 Å². The molecule has 0 aliphatic heterocycles. The second-order valence-electron chi connectivity index (χ2n) is 15.7. The molecular weight excluding hydrogens is 583 g/mol. The van der Waals surface area contributed by atoms with Gasteiger partial charge in [0.15, 0.2) is 0 Å². The number of carbonyl (C=O) groups excluding carboxylic acids is 2. The molecule has 7 heteroatoms. The Hall–Kier alpha value is -3.21. The molecule has 0 saturated heterocycles. The van der Waals surface area contributed by atoms with E-state index in [1.165, 1.54) is 14.2 Å². The summed E-state index contributed by atoms with van der Waals surface area (Å²) in [6, 6.07) is 15.2. The van der Waals surface area contributed by atoms with E-state index in [4.69, 9.17) is 14.0 Å². The smallest absolute Gasteiger partial charge is 0.337 e. The summed E-state index contributed by atoms with van der Waals surface area (Å²) < 4.78 is 16.9. The van der Waals surface area contributed by atoms with E-state index in [0.717, 1.165) is 33.4 Å². The van der Waals surface area contributed by atoms with Gasteiger partial charge in [-0.05, 0) is 74.2 Å². The third-order valence-corrected chi connectivity index (χ3v) is 9.02. The Morgan fingerprint density at radius 1 is 0.600 bits per heavy atom. The first-order valence-corrected chi connectivity index (χ1v) is 16.5. The molecule has 3 aromatic rings. The van der Waals surface area contributed by atoms with Crippen LogP contribution in [-0.4, -0.2) is 31.1 Å². The summed E-state index contributed by atoms with van der Waals surface area (Å²) in [4.78, 5) is 37.6. The number of esters is 2. The molecule has 1 atom stereocenters. The minimum atomic E-state index is -2.18. The fourth-order valence-electron chi connectivity index (χ4n) is 5.42. The van der Waals surface area contributed by atoms with E-state index in [-0.39, 0.29) is 10.8 Å². The predicted octanol–water partition coefficient (Wildman–Crippen LogP) is 9.13. The van der Waals surface area contributed by atoms with Crippen molar-refractivity contribution in [2.75, 3.05) is 14.2 Å². The number of carbonyl (C=O) groups is 2. The van der Waals surface area contributed by atoms with Crippen LogP contribution in [-0.2, 0) is 31.1 Å². The maximum absolute atomic E-state index is 12.8. The fourth-order valence-corrected chi connectivity index (χ4v) is 6.49. The van der Waals surface area contributed by atoms with Crippen LogP contribution in [0.4, 0.5) is 0 Å². The Morgan fingerprint density at radius 3 is 1.31 bits per heavy atom. The standard InChI is InChI=1S/C38H51O6P/c1-35(2,3)26-19-23(33(39)42-13)20-27(36(4,5)6)31(26)25-17-15-16-18-30(25)45(41)44-32-28(37(7,8)9)21-24(34(40)43-14)22-29(32)38(10,11)12/h15-22,41H,1-14H3. The third kappa shape index (κ3) is 7.96. The van der Waals surface area contributed by atoms with Gasteiger partial charge in [0.1, 0.15) is 5.75 Å². The summed E-state index contributed by atoms with van der Waals surface area (Å²) in [6.07, 6.45) is 0. The van der Waals surface area contributed by atoms with E-state index in [2.05, 4.69) is 83.1 Å². The minimum Gasteiger partial charge on any atom is -0.465 e. The molecule has 0 spiro atoms. The lowest BCUT2D eigenvalue weighted by Gasteiger charge is -2.33. The zero-order valence-corrected chi connectivity index (χ0v) is 30.4. The lowest BCUT2D eigenvalue weighted by Crippen LogP contribution is -2.24. The van der Waals surface area contributed by atoms with Crippen LogP contribution in [0.1, 0.15) is 126 Å². The van der Waals surface area contributed by atoms with Crippen molar-refractivity contribution >= 4 is 25.6 Å². The molecule has 0 aliphatic rings. The maximum atomic E-state index is 12.8. The molecule has 0 heterocycles. The van der Waals surface area contributed by atoms with Gasteiger partial charge in [-0.2, -0.15) is 0 Å². The van der Waals surface area contributed by atoms with Crippen LogP contribution in [0, 0.1) is 0 Å². The van der Waals surface area contributed by atoms with Crippen molar-refractivity contribution in [2.24, 2.45) is 0 Å². The van der Waals surface area contributed by atoms with E-state index in [0.29, 0.717) is 22.2 Å². The highest BCUT2D eigenvalue weighted by molar-refractivity contribution is 7.55. The third-order valence-electron chi connectivity index (χ3n) is 7.86. The zero-order valence-electron chi connectivity index (χ0n) is 29.6. The largest absolute Gasteiger partial charge is 0.465 e. The van der Waals surface area contributed by atoms with Gasteiger partial charge in [-0.1, -0.05) is 101 Å². The molecule has 0 aliphatic carbocycles. The van der Waals surface area contributed by atoms with Gasteiger partial charge in [0.2, 0.25) is 0 Å². The minimum absolute atomic E-state index is 0.339. The quantitative estimate of drug-likeness (QED) is 0.215. The van der Waals surface area contributed by atoms with Gasteiger partial charge >= 0.3 is 11.9 Å². The Balaban J connectivity index is 2.38. The summed E-state index contributed by atoms with van der Waals surface area (Å²) in [7, 11) is 0.589. The number of hydrogen-bond donors (Lipinski definition) is 1. The van der Waals surface area contributed by atoms with Crippen molar-refractivity contribution in [2.45, 2.75) is 105 Å². The van der Waals surface area contributed by atoms with Gasteiger partial charge in [-0.25, -0.2) is 9.59 Å². The average molecular weight is 635 g/mol. The monoisotopic (exact) mass is 634 g/mol. The molecule has 0 amide bonds. The highest BCUT2D eigenvalue weighted by Crippen LogP contribution is 2.48. The van der Waals surface area contributed by atoms with Crippen molar-refractivity contribution in [3.63, 3.8) is 0 Å². The van der Waals surface area contributed by atoms with E-state index in [1.54, 1.807) is 0 Å². The second kappa shape index (κ2) is 12.9. The second-order valence-corrected chi connectivity index (χ2v) is 16.9. The van der Waals surface area contributed by atoms with Crippen molar-refractivity contribution in [3.05, 3.63) is 81.9 Å². The Bertz CT molecular complexity index is 1510. The van der Waals surface area contributed by atoms with E-state index in [9.17, 15) is 14.5 Å². The average Bonchev–Trinajstić information content (AvgIpc) is 2.93. The molecule has 1 N–H and O–H groups in total. The molecule has 45 heavy (non-hydrogen) atoms. The highest BCUT2D eigenvalue weighted by atomic mass is 31.2. The molecule has 0 radical (unpaired) electrons. The molecular formula is C38H51O6P. The predicted molar refractivity (Wildman–Crippen MR) is 185 cm³/mol. The van der Waals surface area contributed by atoms with Crippen LogP contribution in [0.25, 0.3) is 11.1 Å². The molecule has 3 aromatic carbocycles. The molecule has 0 saturated carbocycles. The summed E-state index contributed by atoms with van der Waals surface area (Å²) >= 11 is 0. The first-order chi connectivity index (χ1) is 20.5. The van der Waals surface area contributed by atoms with Gasteiger partial charge in [0.25, 0.3) is 8.38 Å². The lowest BCUT2D eigenvalue weighted by molar-refractivity contribution is 0.0591. The van der Waals surface area contributed by atoms with Crippen LogP contribution in [0.5, 0.6) is 5.75 Å². The number of methoxy groups -OCH3 is 2. The Kier molecular flexibility index (Phi) is 10.4. The summed E-state index contributed by atoms with van der Waals surface area (Å²) in [5, 5.41) is 0.658. The summed E-state index contributed by atoms with van der Waals surface area (Å²) in [5.41, 5.74) is 4.82. The topological polar surface area (TPSA) is 82.1 Å². The SMILES string of the molecule is COC(=O)c1cc(C(C)(C)C)c(OP(O)c2ccccc2-c2c(C(C)(C)C)cc(C(=O)OC)cc2C(C)(C)C)c(C(C)(C)C)c1. The lowest BCUT2D eigenvalue weighted by atomic mass is 9.73. The first-order valence-electron chi connectivity index (χ1n) is 15.3. The van der Waals surface area contributed by atoms with Crippen LogP contribution in [0.15, 0.2) is 48.5 Å². The van der Waals surface area contributed by atoms with Gasteiger partial charge in [-0.3, -0.25) is 0 Å². The van der Waals surface area contributed by atoms with Crippen molar-refractivity contribution in [3.8, 4) is 16.9 Å². The van der Waals surface area contributed by atoms with Crippen molar-refractivity contribution in [1.29, 1.82) is 0 Å². The van der Waals surface area contributed by atoms with Crippen LogP contribution >= 0.6 is 8.38 Å². The molecule has 0 aromatic heterocycles. The van der Waals surface area contributed by atoms with E-state index in [1.807, 2.05) is 48.5 Å². The number of rotatable bonds is 6. The van der Waals surface area contributed by atoms with E-state index >= 15 is 0 Å². The van der Waals surface area contributed by atoms with Gasteiger partial charge < -0.3 is 18.9 Å². The van der Waals surface area contributed by atoms with Crippen LogP contribution in [0.2, 0.25) is 0 Å².